The van der Waals surface area contributed by atoms with Gasteiger partial charge in [0.15, 0.2) is 0 Å². The molecular formula is C14H23NO4. The average Bonchev–Trinajstić information content (AvgIpc) is 2.57. The second-order valence-electron chi connectivity index (χ2n) is 6.59. The number of amides is 1. The van der Waals surface area contributed by atoms with Gasteiger partial charge in [0.1, 0.15) is 11.1 Å². The number of carbonyl (C=O) groups is 2. The number of nitrogens with zero attached hydrogens (tertiary/aromatic N) is 1. The molecule has 1 atom stereocenters. The van der Waals surface area contributed by atoms with Crippen molar-refractivity contribution in [2.45, 2.75) is 64.0 Å². The van der Waals surface area contributed by atoms with Crippen molar-refractivity contribution >= 4 is 12.1 Å². The SMILES string of the molecule is CC(C)(C)OC(=O)N1CCC[C@@]1(C(=O)O)C1CCC1. The van der Waals surface area contributed by atoms with E-state index >= 15 is 0 Å². The molecule has 108 valence electrons. The van der Waals surface area contributed by atoms with Crippen LogP contribution in [-0.2, 0) is 9.53 Å². The Hall–Kier alpha value is -1.26. The number of carboxylic acids is 1. The van der Waals surface area contributed by atoms with Crippen molar-refractivity contribution in [3.63, 3.8) is 0 Å². The number of likely N-dealkylation sites (tertiary alicyclic amines) is 1. The molecule has 1 heterocycles. The van der Waals surface area contributed by atoms with Gasteiger partial charge in [-0.25, -0.2) is 9.59 Å². The van der Waals surface area contributed by atoms with E-state index in [1.807, 2.05) is 0 Å². The summed E-state index contributed by atoms with van der Waals surface area (Å²) in [6.07, 6.45) is 3.65. The number of carboxylic acid groups (broad SMARTS) is 1. The lowest BCUT2D eigenvalue weighted by molar-refractivity contribution is -0.155. The predicted molar refractivity (Wildman–Crippen MR) is 69.9 cm³/mol. The van der Waals surface area contributed by atoms with E-state index in [1.54, 1.807) is 20.8 Å². The fourth-order valence-corrected chi connectivity index (χ4v) is 3.12. The standard InChI is InChI=1S/C14H23NO4/c1-13(2,3)19-12(18)15-9-5-8-14(15,11(16)17)10-6-4-7-10/h10H,4-9H2,1-3H3,(H,16,17)/t14-/m0/s1. The maximum atomic E-state index is 12.3. The molecule has 0 spiro atoms. The first kappa shape index (κ1) is 14.2. The quantitative estimate of drug-likeness (QED) is 0.836. The molecule has 1 aliphatic carbocycles. The molecule has 0 unspecified atom stereocenters. The fraction of sp³-hybridized carbons (Fsp3) is 0.857. The van der Waals surface area contributed by atoms with E-state index in [-0.39, 0.29) is 5.92 Å². The maximum absolute atomic E-state index is 12.3. The van der Waals surface area contributed by atoms with Crippen molar-refractivity contribution in [2.24, 2.45) is 5.92 Å². The molecule has 5 heteroatoms. The number of ether oxygens (including phenoxy) is 1. The van der Waals surface area contributed by atoms with Gasteiger partial charge in [-0.3, -0.25) is 4.90 Å². The van der Waals surface area contributed by atoms with Crippen molar-refractivity contribution in [3.8, 4) is 0 Å². The van der Waals surface area contributed by atoms with Crippen molar-refractivity contribution < 1.29 is 19.4 Å². The minimum atomic E-state index is -1.03. The first-order valence-electron chi connectivity index (χ1n) is 7.01. The zero-order valence-electron chi connectivity index (χ0n) is 11.9. The summed E-state index contributed by atoms with van der Waals surface area (Å²) in [5, 5.41) is 9.67. The van der Waals surface area contributed by atoms with E-state index in [1.165, 1.54) is 4.90 Å². The summed E-state index contributed by atoms with van der Waals surface area (Å²) < 4.78 is 5.37. The maximum Gasteiger partial charge on any atom is 0.411 e. The molecule has 2 aliphatic rings. The van der Waals surface area contributed by atoms with Crippen LogP contribution in [-0.4, -0.2) is 39.8 Å². The van der Waals surface area contributed by atoms with Crippen LogP contribution in [0.15, 0.2) is 0 Å². The van der Waals surface area contributed by atoms with E-state index in [9.17, 15) is 14.7 Å². The molecule has 1 saturated carbocycles. The van der Waals surface area contributed by atoms with Crippen LogP contribution in [0.1, 0.15) is 52.9 Å². The molecule has 2 rings (SSSR count). The minimum absolute atomic E-state index is 0.0834. The second kappa shape index (κ2) is 4.69. The highest BCUT2D eigenvalue weighted by molar-refractivity contribution is 5.85. The Morgan fingerprint density at radius 1 is 1.26 bits per heavy atom. The number of aliphatic carboxylic acids is 1. The van der Waals surface area contributed by atoms with E-state index in [2.05, 4.69) is 0 Å². The Labute approximate surface area is 113 Å². The first-order valence-corrected chi connectivity index (χ1v) is 7.01. The second-order valence-corrected chi connectivity index (χ2v) is 6.59. The van der Waals surface area contributed by atoms with Crippen LogP contribution in [0.3, 0.4) is 0 Å². The highest BCUT2D eigenvalue weighted by atomic mass is 16.6. The van der Waals surface area contributed by atoms with Crippen molar-refractivity contribution in [3.05, 3.63) is 0 Å². The van der Waals surface area contributed by atoms with Crippen LogP contribution in [0.5, 0.6) is 0 Å². The zero-order valence-corrected chi connectivity index (χ0v) is 11.9. The summed E-state index contributed by atoms with van der Waals surface area (Å²) in [5.41, 5.74) is -1.62. The van der Waals surface area contributed by atoms with Gasteiger partial charge in [0.2, 0.25) is 0 Å². The predicted octanol–water partition coefficient (Wildman–Crippen LogP) is 2.64. The third-order valence-electron chi connectivity index (χ3n) is 4.19. The smallest absolute Gasteiger partial charge is 0.411 e. The van der Waals surface area contributed by atoms with E-state index in [4.69, 9.17) is 4.74 Å². The third-order valence-corrected chi connectivity index (χ3v) is 4.19. The summed E-state index contributed by atoms with van der Waals surface area (Å²) in [5.74, 6) is -0.791. The van der Waals surface area contributed by atoms with Crippen LogP contribution in [0.25, 0.3) is 0 Å². The van der Waals surface area contributed by atoms with E-state index < -0.39 is 23.2 Å². The van der Waals surface area contributed by atoms with Gasteiger partial charge in [-0.15, -0.1) is 0 Å². The van der Waals surface area contributed by atoms with Gasteiger partial charge in [-0.05, 0) is 52.4 Å². The molecule has 19 heavy (non-hydrogen) atoms. The Morgan fingerprint density at radius 2 is 1.89 bits per heavy atom. The van der Waals surface area contributed by atoms with Crippen molar-refractivity contribution in [1.29, 1.82) is 0 Å². The molecule has 5 nitrogen and oxygen atoms in total. The van der Waals surface area contributed by atoms with Gasteiger partial charge >= 0.3 is 12.1 Å². The molecular weight excluding hydrogens is 246 g/mol. The number of hydrogen-bond donors (Lipinski definition) is 1. The van der Waals surface area contributed by atoms with Gasteiger partial charge in [0, 0.05) is 6.54 Å². The highest BCUT2D eigenvalue weighted by Gasteiger charge is 2.57. The van der Waals surface area contributed by atoms with Gasteiger partial charge < -0.3 is 9.84 Å². The van der Waals surface area contributed by atoms with Crippen LogP contribution in [0.4, 0.5) is 4.79 Å². The van der Waals surface area contributed by atoms with E-state index in [0.29, 0.717) is 13.0 Å². The molecule has 0 aromatic carbocycles. The molecule has 0 aromatic rings. The Bertz CT molecular complexity index is 383. The lowest BCUT2D eigenvalue weighted by atomic mass is 9.69. The molecule has 0 radical (unpaired) electrons. The molecule has 1 amide bonds. The van der Waals surface area contributed by atoms with Crippen molar-refractivity contribution in [2.75, 3.05) is 6.54 Å². The summed E-state index contributed by atoms with van der Waals surface area (Å²) in [4.78, 5) is 25.5. The van der Waals surface area contributed by atoms with Gasteiger partial charge in [-0.1, -0.05) is 6.42 Å². The monoisotopic (exact) mass is 269 g/mol. The molecule has 0 aromatic heterocycles. The zero-order chi connectivity index (χ0) is 14.3. The van der Waals surface area contributed by atoms with Crippen LogP contribution in [0.2, 0.25) is 0 Å². The Kier molecular flexibility index (Phi) is 3.49. The number of carbonyl (C=O) groups excluding carboxylic acids is 1. The normalized spacial score (nSPS) is 28.1. The Morgan fingerprint density at radius 3 is 2.32 bits per heavy atom. The van der Waals surface area contributed by atoms with Gasteiger partial charge in [0.25, 0.3) is 0 Å². The molecule has 1 aliphatic heterocycles. The molecule has 2 fully saturated rings. The minimum Gasteiger partial charge on any atom is -0.479 e. The largest absolute Gasteiger partial charge is 0.479 e. The van der Waals surface area contributed by atoms with Gasteiger partial charge in [0.05, 0.1) is 0 Å². The third kappa shape index (κ3) is 2.42. The topological polar surface area (TPSA) is 66.8 Å². The number of rotatable bonds is 2. The summed E-state index contributed by atoms with van der Waals surface area (Å²) >= 11 is 0. The Balaban J connectivity index is 2.22. The number of hydrogen-bond acceptors (Lipinski definition) is 3. The summed E-state index contributed by atoms with van der Waals surface area (Å²) in [6.45, 7) is 5.88. The van der Waals surface area contributed by atoms with Crippen molar-refractivity contribution in [1.82, 2.24) is 4.90 Å². The average molecular weight is 269 g/mol. The highest BCUT2D eigenvalue weighted by Crippen LogP contribution is 2.46. The fourth-order valence-electron chi connectivity index (χ4n) is 3.12. The van der Waals surface area contributed by atoms with Gasteiger partial charge in [-0.2, -0.15) is 0 Å². The van der Waals surface area contributed by atoms with Crippen LogP contribution < -0.4 is 0 Å². The summed E-state index contributed by atoms with van der Waals surface area (Å²) in [6, 6.07) is 0. The van der Waals surface area contributed by atoms with E-state index in [0.717, 1.165) is 25.7 Å². The summed E-state index contributed by atoms with van der Waals surface area (Å²) in [7, 11) is 0. The molecule has 1 saturated heterocycles. The lowest BCUT2D eigenvalue weighted by Gasteiger charge is -2.45. The first-order chi connectivity index (χ1) is 8.77. The molecule has 1 N–H and O–H groups in total. The van der Waals surface area contributed by atoms with Crippen LogP contribution in [0, 0.1) is 5.92 Å². The van der Waals surface area contributed by atoms with Crippen LogP contribution >= 0.6 is 0 Å². The lowest BCUT2D eigenvalue weighted by Crippen LogP contribution is -2.60. The molecule has 0 bridgehead atoms.